The monoisotopic (exact) mass is 388 g/mol. The van der Waals surface area contributed by atoms with Gasteiger partial charge < -0.3 is 15.5 Å². The van der Waals surface area contributed by atoms with Crippen LogP contribution in [0.1, 0.15) is 49.3 Å². The lowest BCUT2D eigenvalue weighted by Crippen LogP contribution is -2.16. The molecule has 0 saturated carbocycles. The smallest absolute Gasteiger partial charge is 0.340 e. The number of hydrogen-bond donors (Lipinski definition) is 3. The highest BCUT2D eigenvalue weighted by Crippen LogP contribution is 2.31. The Kier molecular flexibility index (Phi) is 6.80. The van der Waals surface area contributed by atoms with E-state index in [1.54, 1.807) is 13.0 Å². The number of guanidine groups is 1. The van der Waals surface area contributed by atoms with Crippen LogP contribution in [0.5, 0.6) is 0 Å². The summed E-state index contributed by atoms with van der Waals surface area (Å²) in [5.41, 5.74) is 9.61. The number of nitrogens with two attached hydrogens (primary N) is 1. The number of H-pyrrole nitrogens is 1. The fourth-order valence-electron chi connectivity index (χ4n) is 2.89. The Labute approximate surface area is 164 Å². The fourth-order valence-corrected chi connectivity index (χ4v) is 3.07. The zero-order chi connectivity index (χ0) is 20.1. The summed E-state index contributed by atoms with van der Waals surface area (Å²) in [7, 11) is 0. The van der Waals surface area contributed by atoms with Gasteiger partial charge in [0.15, 0.2) is 0 Å². The van der Waals surface area contributed by atoms with E-state index in [0.717, 1.165) is 17.5 Å². The quantitative estimate of drug-likeness (QED) is 0.387. The third-order valence-electron chi connectivity index (χ3n) is 4.10. The number of aromatic amines is 1. The Hall–Kier alpha value is -2.60. The molecule has 0 fully saturated rings. The largest absolute Gasteiger partial charge is 0.462 e. The highest BCUT2D eigenvalue weighted by atomic mass is 35.5. The highest BCUT2D eigenvalue weighted by Gasteiger charge is 2.23. The number of aryl methyl sites for hydroxylation is 1. The second kappa shape index (κ2) is 8.86. The van der Waals surface area contributed by atoms with E-state index >= 15 is 0 Å². The number of aromatic nitrogens is 1. The molecule has 1 heterocycles. The molecule has 0 atom stereocenters. The lowest BCUT2D eigenvalue weighted by molar-refractivity contribution is 0.0527. The molecule has 7 heteroatoms. The molecule has 0 aliphatic rings. The van der Waals surface area contributed by atoms with Crippen molar-refractivity contribution in [3.05, 3.63) is 46.1 Å². The Bertz CT molecular complexity index is 884. The second-order valence-electron chi connectivity index (χ2n) is 6.38. The first-order chi connectivity index (χ1) is 12.8. The molecule has 6 nitrogen and oxygen atoms in total. The van der Waals surface area contributed by atoms with Crippen molar-refractivity contribution in [2.24, 2.45) is 16.6 Å². The van der Waals surface area contributed by atoms with Crippen molar-refractivity contribution in [2.45, 2.75) is 34.1 Å². The van der Waals surface area contributed by atoms with Crippen molar-refractivity contribution in [2.75, 3.05) is 6.61 Å². The Balaban J connectivity index is 2.73. The number of rotatable bonds is 6. The number of carbonyl (C=O) groups excluding carboxylic acids is 1. The van der Waals surface area contributed by atoms with Gasteiger partial charge in [0.25, 0.3) is 0 Å². The molecule has 0 aliphatic carbocycles. The van der Waals surface area contributed by atoms with Gasteiger partial charge in [0.05, 0.1) is 29.3 Å². The number of halogens is 1. The van der Waals surface area contributed by atoms with Crippen LogP contribution < -0.4 is 5.73 Å². The normalized spacial score (nSPS) is 11.7. The van der Waals surface area contributed by atoms with Crippen molar-refractivity contribution in [3.63, 3.8) is 0 Å². The lowest BCUT2D eigenvalue weighted by Gasteiger charge is -2.10. The molecule has 144 valence electrons. The molecule has 2 rings (SSSR count). The van der Waals surface area contributed by atoms with E-state index in [-0.39, 0.29) is 18.5 Å². The molecule has 2 aromatic rings. The Morgan fingerprint density at radius 3 is 2.59 bits per heavy atom. The molecule has 0 radical (unpaired) electrons. The molecule has 27 heavy (non-hydrogen) atoms. The minimum atomic E-state index is -0.428. The van der Waals surface area contributed by atoms with Gasteiger partial charge in [0, 0.05) is 10.6 Å². The third kappa shape index (κ3) is 4.77. The molecule has 1 aromatic carbocycles. The molecule has 1 aromatic heterocycles. The predicted octanol–water partition coefficient (Wildman–Crippen LogP) is 4.41. The number of ether oxygens (including phenoxy) is 1. The minimum absolute atomic E-state index is 0.000419. The van der Waals surface area contributed by atoms with Crippen LogP contribution >= 0.6 is 11.6 Å². The van der Waals surface area contributed by atoms with Crippen LogP contribution in [-0.4, -0.2) is 29.2 Å². The van der Waals surface area contributed by atoms with E-state index in [0.29, 0.717) is 27.7 Å². The second-order valence-corrected chi connectivity index (χ2v) is 6.82. The van der Waals surface area contributed by atoms with Gasteiger partial charge in [-0.25, -0.2) is 9.79 Å². The van der Waals surface area contributed by atoms with Gasteiger partial charge in [-0.1, -0.05) is 38.4 Å². The average molecular weight is 389 g/mol. The van der Waals surface area contributed by atoms with Gasteiger partial charge in [-0.15, -0.1) is 0 Å². The van der Waals surface area contributed by atoms with Gasteiger partial charge in [-0.3, -0.25) is 5.41 Å². The van der Waals surface area contributed by atoms with Gasteiger partial charge in [-0.05, 0) is 43.0 Å². The van der Waals surface area contributed by atoms with Crippen molar-refractivity contribution >= 4 is 29.2 Å². The maximum Gasteiger partial charge on any atom is 0.340 e. The van der Waals surface area contributed by atoms with Crippen LogP contribution in [0.2, 0.25) is 5.02 Å². The maximum atomic E-state index is 12.6. The topological polar surface area (TPSA) is 104 Å². The first-order valence-corrected chi connectivity index (χ1v) is 9.28. The maximum absolute atomic E-state index is 12.6. The van der Waals surface area contributed by atoms with E-state index < -0.39 is 5.97 Å². The summed E-state index contributed by atoms with van der Waals surface area (Å²) >= 11 is 6.21. The summed E-state index contributed by atoms with van der Waals surface area (Å²) in [5, 5.41) is 8.08. The summed E-state index contributed by atoms with van der Waals surface area (Å²) in [6, 6.07) is 7.31. The number of nitrogens with zero attached hydrogens (tertiary/aromatic N) is 1. The summed E-state index contributed by atoms with van der Waals surface area (Å²) in [4.78, 5) is 20.0. The van der Waals surface area contributed by atoms with E-state index in [1.807, 2.05) is 39.0 Å². The summed E-state index contributed by atoms with van der Waals surface area (Å²) in [5.74, 6) is -0.715. The number of esters is 1. The van der Waals surface area contributed by atoms with Crippen LogP contribution in [0.3, 0.4) is 0 Å². The molecular formula is C20H25ClN4O2. The SMILES string of the molecule is CCOC(=O)c1cc(C(=NC(=N)N)C(C)C)[nH]c1-c1cc(Cl)ccc1CC. The van der Waals surface area contributed by atoms with E-state index in [9.17, 15) is 4.79 Å². The van der Waals surface area contributed by atoms with Gasteiger partial charge in [0.1, 0.15) is 0 Å². The summed E-state index contributed by atoms with van der Waals surface area (Å²) in [6.07, 6.45) is 0.779. The Morgan fingerprint density at radius 1 is 1.33 bits per heavy atom. The third-order valence-corrected chi connectivity index (χ3v) is 4.33. The molecule has 0 unspecified atom stereocenters. The molecular weight excluding hydrogens is 364 g/mol. The Morgan fingerprint density at radius 2 is 2.04 bits per heavy atom. The predicted molar refractivity (Wildman–Crippen MR) is 110 cm³/mol. The molecule has 0 saturated heterocycles. The van der Waals surface area contributed by atoms with Crippen LogP contribution in [0, 0.1) is 11.3 Å². The number of benzene rings is 1. The van der Waals surface area contributed by atoms with Crippen molar-refractivity contribution in [1.29, 1.82) is 5.41 Å². The van der Waals surface area contributed by atoms with Crippen molar-refractivity contribution in [1.82, 2.24) is 4.98 Å². The lowest BCUT2D eigenvalue weighted by atomic mass is 10.00. The van der Waals surface area contributed by atoms with Crippen LogP contribution in [0.15, 0.2) is 29.3 Å². The number of carbonyl (C=O) groups is 1. The minimum Gasteiger partial charge on any atom is -0.462 e. The highest BCUT2D eigenvalue weighted by molar-refractivity contribution is 6.31. The zero-order valence-corrected chi connectivity index (χ0v) is 16.8. The number of hydrogen-bond acceptors (Lipinski definition) is 3. The fraction of sp³-hybridized carbons (Fsp3) is 0.350. The number of aliphatic imine (C=N–C) groups is 1. The molecule has 0 spiro atoms. The van der Waals surface area contributed by atoms with Crippen molar-refractivity contribution < 1.29 is 9.53 Å². The van der Waals surface area contributed by atoms with Crippen LogP contribution in [-0.2, 0) is 11.2 Å². The van der Waals surface area contributed by atoms with E-state index in [2.05, 4.69) is 9.98 Å². The molecule has 4 N–H and O–H groups in total. The van der Waals surface area contributed by atoms with Crippen LogP contribution in [0.25, 0.3) is 11.3 Å². The van der Waals surface area contributed by atoms with E-state index in [4.69, 9.17) is 27.5 Å². The molecule has 0 amide bonds. The number of nitrogens with one attached hydrogen (secondary N) is 2. The van der Waals surface area contributed by atoms with E-state index in [1.165, 1.54) is 0 Å². The first-order valence-electron chi connectivity index (χ1n) is 8.90. The van der Waals surface area contributed by atoms with Gasteiger partial charge in [-0.2, -0.15) is 0 Å². The average Bonchev–Trinajstić information content (AvgIpc) is 3.04. The van der Waals surface area contributed by atoms with Gasteiger partial charge in [0.2, 0.25) is 5.96 Å². The van der Waals surface area contributed by atoms with Crippen molar-refractivity contribution in [3.8, 4) is 11.3 Å². The zero-order valence-electron chi connectivity index (χ0n) is 16.0. The molecule has 0 bridgehead atoms. The summed E-state index contributed by atoms with van der Waals surface area (Å²) < 4.78 is 5.23. The van der Waals surface area contributed by atoms with Crippen LogP contribution in [0.4, 0.5) is 0 Å². The van der Waals surface area contributed by atoms with Gasteiger partial charge >= 0.3 is 5.97 Å². The first kappa shape index (κ1) is 20.7. The molecule has 0 aliphatic heterocycles. The summed E-state index contributed by atoms with van der Waals surface area (Å²) in [6.45, 7) is 7.97. The standard InChI is InChI=1S/C20H25ClN4O2/c1-5-12-7-8-13(21)9-14(12)18-15(19(26)27-6-2)10-16(24-18)17(11(3)4)25-20(22)23/h7-11,24H,5-6H2,1-4H3,(H3,22,23).